The summed E-state index contributed by atoms with van der Waals surface area (Å²) in [5.41, 5.74) is 2.90. The molecule has 1 unspecified atom stereocenters. The molecule has 0 saturated heterocycles. The van der Waals surface area contributed by atoms with E-state index in [2.05, 4.69) is 50.5 Å². The molecule has 0 fully saturated rings. The fraction of sp³-hybridized carbons (Fsp3) is 0.700. The third-order valence-electron chi connectivity index (χ3n) is 4.48. The predicted molar refractivity (Wildman–Crippen MR) is 95.0 cm³/mol. The number of likely N-dealkylation sites (N-methyl/N-ethyl adjacent to an activating group) is 1. The Labute approximate surface area is 132 Å². The van der Waals surface area contributed by atoms with Gasteiger partial charge in [-0.1, -0.05) is 83.1 Å². The van der Waals surface area contributed by atoms with Crippen LogP contribution in [0.1, 0.15) is 76.3 Å². The lowest BCUT2D eigenvalue weighted by Gasteiger charge is -2.16. The molecule has 0 radical (unpaired) electrons. The van der Waals surface area contributed by atoms with Crippen LogP contribution in [0.2, 0.25) is 0 Å². The van der Waals surface area contributed by atoms with E-state index in [1.165, 1.54) is 62.5 Å². The highest BCUT2D eigenvalue weighted by Gasteiger charge is 2.07. The molecule has 1 N–H and O–H groups in total. The quantitative estimate of drug-likeness (QED) is 0.500. The fourth-order valence-corrected chi connectivity index (χ4v) is 2.89. The van der Waals surface area contributed by atoms with E-state index in [9.17, 15) is 0 Å². The molecule has 0 bridgehead atoms. The maximum Gasteiger partial charge on any atom is 0.0104 e. The van der Waals surface area contributed by atoms with Gasteiger partial charge in [0.15, 0.2) is 0 Å². The zero-order valence-corrected chi connectivity index (χ0v) is 14.5. The molecule has 0 aromatic heterocycles. The van der Waals surface area contributed by atoms with Gasteiger partial charge in [0.1, 0.15) is 0 Å². The van der Waals surface area contributed by atoms with Crippen molar-refractivity contribution in [3.05, 3.63) is 35.4 Å². The second-order valence-corrected chi connectivity index (χ2v) is 6.27. The summed E-state index contributed by atoms with van der Waals surface area (Å²) in [6.45, 7) is 4.50. The predicted octanol–water partition coefficient (Wildman–Crippen LogP) is 5.52. The highest BCUT2D eigenvalue weighted by Crippen LogP contribution is 2.13. The van der Waals surface area contributed by atoms with Crippen molar-refractivity contribution in [3.8, 4) is 0 Å². The zero-order valence-electron chi connectivity index (χ0n) is 14.5. The van der Waals surface area contributed by atoms with Gasteiger partial charge in [-0.3, -0.25) is 0 Å². The highest BCUT2D eigenvalue weighted by molar-refractivity contribution is 5.23. The van der Waals surface area contributed by atoms with Crippen LogP contribution < -0.4 is 5.32 Å². The number of aryl methyl sites for hydroxylation is 1. The molecule has 1 aromatic rings. The van der Waals surface area contributed by atoms with E-state index in [1.807, 2.05) is 0 Å². The Balaban J connectivity index is 2.18. The molecule has 1 aromatic carbocycles. The van der Waals surface area contributed by atoms with E-state index in [1.54, 1.807) is 0 Å². The summed E-state index contributed by atoms with van der Waals surface area (Å²) >= 11 is 0. The van der Waals surface area contributed by atoms with Crippen molar-refractivity contribution in [1.29, 1.82) is 0 Å². The monoisotopic (exact) mass is 289 g/mol. The largest absolute Gasteiger partial charge is 0.317 e. The number of unbranched alkanes of at least 4 members (excludes halogenated alkanes) is 6. The molecule has 0 saturated carbocycles. The van der Waals surface area contributed by atoms with E-state index in [0.29, 0.717) is 6.04 Å². The molecule has 0 aliphatic heterocycles. The van der Waals surface area contributed by atoms with E-state index in [4.69, 9.17) is 0 Å². The van der Waals surface area contributed by atoms with Gasteiger partial charge in [0.05, 0.1) is 0 Å². The van der Waals surface area contributed by atoms with Crippen LogP contribution in [0.15, 0.2) is 24.3 Å². The van der Waals surface area contributed by atoms with Crippen LogP contribution in [0.4, 0.5) is 0 Å². The van der Waals surface area contributed by atoms with Gasteiger partial charge in [-0.2, -0.15) is 0 Å². The van der Waals surface area contributed by atoms with Gasteiger partial charge >= 0.3 is 0 Å². The minimum absolute atomic E-state index is 0.633. The Hall–Kier alpha value is -0.820. The summed E-state index contributed by atoms with van der Waals surface area (Å²) in [7, 11) is 2.10. The lowest BCUT2D eigenvalue weighted by molar-refractivity contribution is 0.478. The van der Waals surface area contributed by atoms with Crippen LogP contribution in [-0.4, -0.2) is 13.1 Å². The Bertz CT molecular complexity index is 341. The van der Waals surface area contributed by atoms with Crippen molar-refractivity contribution < 1.29 is 0 Å². The lowest BCUT2D eigenvalue weighted by Crippen LogP contribution is -2.27. The molecule has 120 valence electrons. The molecule has 1 atom stereocenters. The van der Waals surface area contributed by atoms with Gasteiger partial charge in [0.2, 0.25) is 0 Å². The maximum absolute atomic E-state index is 3.49. The molecule has 0 spiro atoms. The van der Waals surface area contributed by atoms with Gasteiger partial charge in [-0.05, 0) is 37.4 Å². The molecule has 1 heteroatoms. The second kappa shape index (κ2) is 11.8. The first-order valence-electron chi connectivity index (χ1n) is 9.05. The van der Waals surface area contributed by atoms with E-state index in [-0.39, 0.29) is 0 Å². The third kappa shape index (κ3) is 8.26. The smallest absolute Gasteiger partial charge is 0.0104 e. The first-order valence-corrected chi connectivity index (χ1v) is 9.05. The van der Waals surface area contributed by atoms with Crippen molar-refractivity contribution in [3.63, 3.8) is 0 Å². The van der Waals surface area contributed by atoms with Gasteiger partial charge < -0.3 is 5.32 Å². The minimum Gasteiger partial charge on any atom is -0.317 e. The standard InChI is InChI=1S/C20H35N/c1-4-6-7-8-9-10-11-12-20(21-3)17-19-15-13-18(5-2)14-16-19/h13-16,20-21H,4-12,17H2,1-3H3. The number of nitrogens with one attached hydrogen (secondary N) is 1. The van der Waals surface area contributed by atoms with Crippen LogP contribution in [-0.2, 0) is 12.8 Å². The Morgan fingerprint density at radius 1 is 0.810 bits per heavy atom. The summed E-state index contributed by atoms with van der Waals surface area (Å²) in [5.74, 6) is 0. The fourth-order valence-electron chi connectivity index (χ4n) is 2.89. The van der Waals surface area contributed by atoms with Gasteiger partial charge in [0, 0.05) is 6.04 Å². The van der Waals surface area contributed by atoms with Crippen LogP contribution >= 0.6 is 0 Å². The summed E-state index contributed by atoms with van der Waals surface area (Å²) in [5, 5.41) is 3.49. The number of hydrogen-bond donors (Lipinski definition) is 1. The molecule has 0 heterocycles. The Kier molecular flexibility index (Phi) is 10.2. The van der Waals surface area contributed by atoms with Crippen LogP contribution in [0.5, 0.6) is 0 Å². The average Bonchev–Trinajstić information content (AvgIpc) is 2.53. The van der Waals surface area contributed by atoms with Gasteiger partial charge in [0.25, 0.3) is 0 Å². The zero-order chi connectivity index (χ0) is 15.3. The summed E-state index contributed by atoms with van der Waals surface area (Å²) in [4.78, 5) is 0. The highest BCUT2D eigenvalue weighted by atomic mass is 14.9. The van der Waals surface area contributed by atoms with Crippen LogP contribution in [0, 0.1) is 0 Å². The van der Waals surface area contributed by atoms with Crippen molar-refractivity contribution in [2.24, 2.45) is 0 Å². The van der Waals surface area contributed by atoms with Gasteiger partial charge in [-0.25, -0.2) is 0 Å². The van der Waals surface area contributed by atoms with Crippen molar-refractivity contribution in [1.82, 2.24) is 5.32 Å². The maximum atomic E-state index is 3.49. The molecule has 1 rings (SSSR count). The first-order chi connectivity index (χ1) is 10.3. The Morgan fingerprint density at radius 3 is 1.95 bits per heavy atom. The molecular weight excluding hydrogens is 254 g/mol. The van der Waals surface area contributed by atoms with Crippen LogP contribution in [0.25, 0.3) is 0 Å². The van der Waals surface area contributed by atoms with E-state index in [0.717, 1.165) is 12.8 Å². The SMILES string of the molecule is CCCCCCCCCC(Cc1ccc(CC)cc1)NC. The number of hydrogen-bond acceptors (Lipinski definition) is 1. The third-order valence-corrected chi connectivity index (χ3v) is 4.48. The number of rotatable bonds is 12. The lowest BCUT2D eigenvalue weighted by atomic mass is 9.98. The molecule has 0 aliphatic carbocycles. The molecule has 0 amide bonds. The number of benzene rings is 1. The van der Waals surface area contributed by atoms with Crippen molar-refractivity contribution in [2.45, 2.75) is 84.1 Å². The molecule has 1 nitrogen and oxygen atoms in total. The Morgan fingerprint density at radius 2 is 1.38 bits per heavy atom. The van der Waals surface area contributed by atoms with Crippen molar-refractivity contribution in [2.75, 3.05) is 7.05 Å². The normalized spacial score (nSPS) is 12.5. The second-order valence-electron chi connectivity index (χ2n) is 6.27. The summed E-state index contributed by atoms with van der Waals surface area (Å²) in [6, 6.07) is 9.78. The first kappa shape index (κ1) is 18.2. The molecule has 21 heavy (non-hydrogen) atoms. The molecular formula is C20H35N. The van der Waals surface area contributed by atoms with Gasteiger partial charge in [-0.15, -0.1) is 0 Å². The summed E-state index contributed by atoms with van der Waals surface area (Å²) in [6.07, 6.45) is 13.4. The van der Waals surface area contributed by atoms with Crippen molar-refractivity contribution >= 4 is 0 Å². The average molecular weight is 290 g/mol. The summed E-state index contributed by atoms with van der Waals surface area (Å²) < 4.78 is 0. The van der Waals surface area contributed by atoms with E-state index < -0.39 is 0 Å². The van der Waals surface area contributed by atoms with Crippen LogP contribution in [0.3, 0.4) is 0 Å². The minimum atomic E-state index is 0.633. The van der Waals surface area contributed by atoms with E-state index >= 15 is 0 Å². The molecule has 0 aliphatic rings. The topological polar surface area (TPSA) is 12.0 Å².